The van der Waals surface area contributed by atoms with E-state index < -0.39 is 0 Å². The maximum atomic E-state index is 6.53. The Morgan fingerprint density at radius 3 is 2.00 bits per heavy atom. The number of aryl methyl sites for hydroxylation is 1. The number of nitrogens with two attached hydrogens (primary N) is 1. The zero-order chi connectivity index (χ0) is 13.6. The van der Waals surface area contributed by atoms with Crippen LogP contribution in [0.25, 0.3) is 0 Å². The first-order valence-electron chi connectivity index (χ1n) is 7.09. The highest BCUT2D eigenvalue weighted by atomic mass is 15.3. The highest BCUT2D eigenvalue weighted by Gasteiger charge is 2.26. The summed E-state index contributed by atoms with van der Waals surface area (Å²) in [5, 5.41) is 0. The van der Waals surface area contributed by atoms with Crippen LogP contribution >= 0.6 is 0 Å². The van der Waals surface area contributed by atoms with Gasteiger partial charge < -0.3 is 5.73 Å². The van der Waals surface area contributed by atoms with E-state index in [-0.39, 0.29) is 5.66 Å². The van der Waals surface area contributed by atoms with Gasteiger partial charge in [0, 0.05) is 6.42 Å². The molecule has 0 saturated heterocycles. The van der Waals surface area contributed by atoms with E-state index in [0.29, 0.717) is 0 Å². The lowest BCUT2D eigenvalue weighted by Gasteiger charge is -2.38. The van der Waals surface area contributed by atoms with Gasteiger partial charge in [-0.2, -0.15) is 0 Å². The number of hydrogen-bond donors (Lipinski definition) is 1. The molecule has 0 heterocycles. The highest BCUT2D eigenvalue weighted by Crippen LogP contribution is 2.17. The lowest BCUT2D eigenvalue weighted by molar-refractivity contribution is 0.108. The first-order valence-corrected chi connectivity index (χ1v) is 7.09. The van der Waals surface area contributed by atoms with Crippen molar-refractivity contribution in [1.29, 1.82) is 0 Å². The van der Waals surface area contributed by atoms with Gasteiger partial charge in [-0.3, -0.25) is 4.90 Å². The van der Waals surface area contributed by atoms with E-state index in [0.717, 1.165) is 32.4 Å². The molecular formula is C16H28N2. The summed E-state index contributed by atoms with van der Waals surface area (Å²) in [7, 11) is 0. The van der Waals surface area contributed by atoms with Crippen LogP contribution in [0.4, 0.5) is 0 Å². The van der Waals surface area contributed by atoms with Gasteiger partial charge in [-0.1, -0.05) is 43.7 Å². The van der Waals surface area contributed by atoms with E-state index in [9.17, 15) is 0 Å². The summed E-state index contributed by atoms with van der Waals surface area (Å²) in [5.74, 6) is 0. The van der Waals surface area contributed by atoms with Crippen molar-refractivity contribution in [3.63, 3.8) is 0 Å². The lowest BCUT2D eigenvalue weighted by Crippen LogP contribution is -2.55. The Morgan fingerprint density at radius 1 is 1.06 bits per heavy atom. The Bertz CT molecular complexity index is 335. The Labute approximate surface area is 112 Å². The van der Waals surface area contributed by atoms with Crippen molar-refractivity contribution >= 4 is 0 Å². The van der Waals surface area contributed by atoms with E-state index in [2.05, 4.69) is 56.9 Å². The van der Waals surface area contributed by atoms with E-state index in [1.807, 2.05) is 0 Å². The van der Waals surface area contributed by atoms with Gasteiger partial charge in [0.1, 0.15) is 0 Å². The number of nitrogens with zero attached hydrogens (tertiary/aromatic N) is 1. The molecule has 0 aliphatic heterocycles. The summed E-state index contributed by atoms with van der Waals surface area (Å²) >= 11 is 0. The van der Waals surface area contributed by atoms with Crippen molar-refractivity contribution in [2.75, 3.05) is 13.1 Å². The fourth-order valence-electron chi connectivity index (χ4n) is 2.39. The molecule has 0 aromatic heterocycles. The molecule has 0 aliphatic rings. The molecule has 1 aromatic carbocycles. The molecule has 1 atom stereocenters. The van der Waals surface area contributed by atoms with Crippen molar-refractivity contribution in [2.24, 2.45) is 5.73 Å². The van der Waals surface area contributed by atoms with Crippen molar-refractivity contribution < 1.29 is 0 Å². The first-order chi connectivity index (χ1) is 8.49. The quantitative estimate of drug-likeness (QED) is 0.750. The number of rotatable bonds is 7. The molecule has 0 fully saturated rings. The average Bonchev–Trinajstić information content (AvgIpc) is 2.32. The van der Waals surface area contributed by atoms with E-state index in [1.165, 1.54) is 11.1 Å². The molecule has 2 N–H and O–H groups in total. The predicted octanol–water partition coefficient (Wildman–Crippen LogP) is 3.33. The second-order valence-electron chi connectivity index (χ2n) is 5.51. The average molecular weight is 248 g/mol. The smallest absolute Gasteiger partial charge is 0.0699 e. The van der Waals surface area contributed by atoms with Crippen molar-refractivity contribution in [1.82, 2.24) is 4.90 Å². The number of hydrogen-bond acceptors (Lipinski definition) is 2. The largest absolute Gasteiger partial charge is 0.313 e. The summed E-state index contributed by atoms with van der Waals surface area (Å²) in [6.07, 6.45) is 3.22. The molecule has 0 aliphatic carbocycles. The van der Waals surface area contributed by atoms with Crippen LogP contribution in [0.3, 0.4) is 0 Å². The third-order valence-electron chi connectivity index (χ3n) is 3.39. The first kappa shape index (κ1) is 15.2. The van der Waals surface area contributed by atoms with E-state index >= 15 is 0 Å². The third kappa shape index (κ3) is 4.43. The maximum Gasteiger partial charge on any atom is 0.0699 e. The van der Waals surface area contributed by atoms with Crippen molar-refractivity contribution in [3.8, 4) is 0 Å². The summed E-state index contributed by atoms with van der Waals surface area (Å²) in [4.78, 5) is 2.41. The molecule has 0 bridgehead atoms. The van der Waals surface area contributed by atoms with Gasteiger partial charge in [0.25, 0.3) is 0 Å². The Morgan fingerprint density at radius 2 is 1.56 bits per heavy atom. The SMILES string of the molecule is CCCN(CCC)C(C)(N)Cc1ccc(C)cc1. The molecule has 102 valence electrons. The summed E-state index contributed by atoms with van der Waals surface area (Å²) in [6.45, 7) is 10.8. The topological polar surface area (TPSA) is 29.3 Å². The predicted molar refractivity (Wildman–Crippen MR) is 79.6 cm³/mol. The second kappa shape index (κ2) is 6.91. The lowest BCUT2D eigenvalue weighted by atomic mass is 9.99. The molecule has 0 amide bonds. The molecule has 2 heteroatoms. The van der Waals surface area contributed by atoms with E-state index in [1.54, 1.807) is 0 Å². The van der Waals surface area contributed by atoms with Crippen LogP contribution in [0.15, 0.2) is 24.3 Å². The highest BCUT2D eigenvalue weighted by molar-refractivity contribution is 5.22. The minimum atomic E-state index is -0.249. The van der Waals surface area contributed by atoms with Crippen LogP contribution in [-0.2, 0) is 6.42 Å². The van der Waals surface area contributed by atoms with Gasteiger partial charge in [-0.15, -0.1) is 0 Å². The van der Waals surface area contributed by atoms with Gasteiger partial charge in [0.2, 0.25) is 0 Å². The zero-order valence-corrected chi connectivity index (χ0v) is 12.4. The fourth-order valence-corrected chi connectivity index (χ4v) is 2.39. The van der Waals surface area contributed by atoms with Gasteiger partial charge in [-0.05, 0) is 45.3 Å². The van der Waals surface area contributed by atoms with Gasteiger partial charge in [0.15, 0.2) is 0 Å². The van der Waals surface area contributed by atoms with Crippen molar-refractivity contribution in [3.05, 3.63) is 35.4 Å². The van der Waals surface area contributed by atoms with Gasteiger partial charge >= 0.3 is 0 Å². The molecule has 0 radical (unpaired) electrons. The zero-order valence-electron chi connectivity index (χ0n) is 12.4. The molecule has 0 spiro atoms. The Balaban J connectivity index is 2.74. The number of benzene rings is 1. The molecule has 1 aromatic rings. The Kier molecular flexibility index (Phi) is 5.83. The van der Waals surface area contributed by atoms with Gasteiger partial charge in [0.05, 0.1) is 5.66 Å². The normalized spacial score (nSPS) is 14.8. The molecule has 1 rings (SSSR count). The van der Waals surface area contributed by atoms with Crippen molar-refractivity contribution in [2.45, 2.75) is 52.6 Å². The van der Waals surface area contributed by atoms with Crippen LogP contribution in [0.5, 0.6) is 0 Å². The summed E-state index contributed by atoms with van der Waals surface area (Å²) < 4.78 is 0. The third-order valence-corrected chi connectivity index (χ3v) is 3.39. The molecular weight excluding hydrogens is 220 g/mol. The summed E-state index contributed by atoms with van der Waals surface area (Å²) in [6, 6.07) is 8.71. The van der Waals surface area contributed by atoms with Crippen LogP contribution in [-0.4, -0.2) is 23.7 Å². The Hall–Kier alpha value is -0.860. The standard InChI is InChI=1S/C16H28N2/c1-5-11-18(12-6-2)16(4,17)13-15-9-7-14(3)8-10-15/h7-10H,5-6,11-13,17H2,1-4H3. The monoisotopic (exact) mass is 248 g/mol. The molecule has 1 unspecified atom stereocenters. The van der Waals surface area contributed by atoms with Crippen LogP contribution in [0.1, 0.15) is 44.7 Å². The van der Waals surface area contributed by atoms with E-state index in [4.69, 9.17) is 5.73 Å². The fraction of sp³-hybridized carbons (Fsp3) is 0.625. The van der Waals surface area contributed by atoms with Crippen LogP contribution < -0.4 is 5.73 Å². The second-order valence-corrected chi connectivity index (χ2v) is 5.51. The minimum Gasteiger partial charge on any atom is -0.313 e. The molecule has 2 nitrogen and oxygen atoms in total. The van der Waals surface area contributed by atoms with Crippen LogP contribution in [0.2, 0.25) is 0 Å². The maximum absolute atomic E-state index is 6.53. The molecule has 0 saturated carbocycles. The minimum absolute atomic E-state index is 0.249. The summed E-state index contributed by atoms with van der Waals surface area (Å²) in [5.41, 5.74) is 8.90. The van der Waals surface area contributed by atoms with Gasteiger partial charge in [-0.25, -0.2) is 0 Å². The molecule has 18 heavy (non-hydrogen) atoms. The van der Waals surface area contributed by atoms with Crippen LogP contribution in [0, 0.1) is 6.92 Å².